The van der Waals surface area contributed by atoms with Crippen LogP contribution < -0.4 is 5.32 Å². The number of nitrogens with zero attached hydrogens (tertiary/aromatic N) is 1. The van der Waals surface area contributed by atoms with E-state index < -0.39 is 17.6 Å². The molecule has 5 heteroatoms. The van der Waals surface area contributed by atoms with Crippen LogP contribution in [0.3, 0.4) is 0 Å². The number of nitrogens with one attached hydrogen (secondary N) is 1. The van der Waals surface area contributed by atoms with Gasteiger partial charge >= 0.3 is 0 Å². The van der Waals surface area contributed by atoms with E-state index in [1.54, 1.807) is 61.7 Å². The van der Waals surface area contributed by atoms with Gasteiger partial charge in [-0.05, 0) is 24.6 Å². The molecule has 5 nitrogen and oxygen atoms in total. The van der Waals surface area contributed by atoms with Crippen molar-refractivity contribution in [1.82, 2.24) is 10.3 Å². The molecule has 0 saturated heterocycles. The molecule has 1 amide bonds. The monoisotopic (exact) mass is 286 g/mol. The Morgan fingerprint density at radius 3 is 2.52 bits per heavy atom. The topological polar surface area (TPSA) is 82.5 Å². The molecular formula is C16H18N2O3. The third-order valence-corrected chi connectivity index (χ3v) is 3.19. The first-order valence-electron chi connectivity index (χ1n) is 6.65. The molecule has 0 radical (unpaired) electrons. The minimum Gasteiger partial charge on any atom is -0.382 e. The summed E-state index contributed by atoms with van der Waals surface area (Å²) in [5.74, 6) is -0.558. The Hall–Kier alpha value is -2.24. The van der Waals surface area contributed by atoms with E-state index in [1.807, 2.05) is 0 Å². The SMILES string of the molecule is C[C@@](O)(CNC(=O)[C@@H](O)c1ccccc1)c1ccccn1. The molecule has 0 spiro atoms. The molecule has 2 aromatic rings. The van der Waals surface area contributed by atoms with Crippen molar-refractivity contribution in [3.05, 3.63) is 66.0 Å². The molecule has 2 atom stereocenters. The van der Waals surface area contributed by atoms with Gasteiger partial charge in [-0.2, -0.15) is 0 Å². The van der Waals surface area contributed by atoms with E-state index >= 15 is 0 Å². The number of aliphatic hydroxyl groups is 2. The van der Waals surface area contributed by atoms with Gasteiger partial charge in [0.1, 0.15) is 5.60 Å². The Morgan fingerprint density at radius 2 is 1.90 bits per heavy atom. The summed E-state index contributed by atoms with van der Waals surface area (Å²) < 4.78 is 0. The van der Waals surface area contributed by atoms with Gasteiger partial charge in [0.05, 0.1) is 12.2 Å². The van der Waals surface area contributed by atoms with Crippen LogP contribution in [-0.2, 0) is 10.4 Å². The van der Waals surface area contributed by atoms with E-state index in [2.05, 4.69) is 10.3 Å². The predicted octanol–water partition coefficient (Wildman–Crippen LogP) is 1.14. The summed E-state index contributed by atoms with van der Waals surface area (Å²) in [6, 6.07) is 13.8. The number of carbonyl (C=O) groups is 1. The van der Waals surface area contributed by atoms with E-state index in [1.165, 1.54) is 0 Å². The lowest BCUT2D eigenvalue weighted by Gasteiger charge is -2.23. The van der Waals surface area contributed by atoms with Crippen LogP contribution in [-0.4, -0.2) is 27.6 Å². The molecule has 0 fully saturated rings. The van der Waals surface area contributed by atoms with E-state index in [9.17, 15) is 15.0 Å². The number of rotatable bonds is 5. The molecule has 0 saturated carbocycles. The fraction of sp³-hybridized carbons (Fsp3) is 0.250. The second kappa shape index (κ2) is 6.47. The van der Waals surface area contributed by atoms with E-state index in [0.717, 1.165) is 0 Å². The minimum atomic E-state index is -1.30. The summed E-state index contributed by atoms with van der Waals surface area (Å²) >= 11 is 0. The first kappa shape index (κ1) is 15.2. The van der Waals surface area contributed by atoms with Gasteiger partial charge in [-0.25, -0.2) is 0 Å². The molecule has 0 aliphatic heterocycles. The maximum atomic E-state index is 11.9. The van der Waals surface area contributed by atoms with Gasteiger partial charge in [-0.3, -0.25) is 9.78 Å². The lowest BCUT2D eigenvalue weighted by Crippen LogP contribution is -2.41. The van der Waals surface area contributed by atoms with Gasteiger partial charge in [0.15, 0.2) is 6.10 Å². The van der Waals surface area contributed by atoms with Crippen LogP contribution in [0, 0.1) is 0 Å². The number of amides is 1. The quantitative estimate of drug-likeness (QED) is 0.769. The zero-order valence-corrected chi connectivity index (χ0v) is 11.7. The molecule has 110 valence electrons. The average Bonchev–Trinajstić information content (AvgIpc) is 2.53. The molecule has 1 aromatic carbocycles. The van der Waals surface area contributed by atoms with Gasteiger partial charge in [0.2, 0.25) is 0 Å². The Balaban J connectivity index is 1.98. The highest BCUT2D eigenvalue weighted by Crippen LogP contribution is 2.17. The zero-order valence-electron chi connectivity index (χ0n) is 11.7. The summed E-state index contributed by atoms with van der Waals surface area (Å²) in [5, 5.41) is 22.8. The smallest absolute Gasteiger partial charge is 0.253 e. The van der Waals surface area contributed by atoms with Crippen LogP contribution in [0.1, 0.15) is 24.3 Å². The highest BCUT2D eigenvalue weighted by Gasteiger charge is 2.26. The molecule has 3 N–H and O–H groups in total. The van der Waals surface area contributed by atoms with Crippen molar-refractivity contribution in [2.24, 2.45) is 0 Å². The Kier molecular flexibility index (Phi) is 4.67. The fourth-order valence-electron chi connectivity index (χ4n) is 1.91. The number of aliphatic hydroxyl groups excluding tert-OH is 1. The van der Waals surface area contributed by atoms with Crippen molar-refractivity contribution in [3.8, 4) is 0 Å². The number of benzene rings is 1. The maximum absolute atomic E-state index is 11.9. The molecule has 1 heterocycles. The Bertz CT molecular complexity index is 585. The summed E-state index contributed by atoms with van der Waals surface area (Å²) in [6.45, 7) is 1.53. The highest BCUT2D eigenvalue weighted by molar-refractivity contribution is 5.81. The van der Waals surface area contributed by atoms with E-state index in [-0.39, 0.29) is 6.54 Å². The van der Waals surface area contributed by atoms with Crippen molar-refractivity contribution in [1.29, 1.82) is 0 Å². The van der Waals surface area contributed by atoms with Crippen LogP contribution >= 0.6 is 0 Å². The van der Waals surface area contributed by atoms with E-state index in [4.69, 9.17) is 0 Å². The number of hydrogen-bond acceptors (Lipinski definition) is 4. The molecule has 0 bridgehead atoms. The number of hydrogen-bond donors (Lipinski definition) is 3. The normalized spacial score (nSPS) is 15.0. The van der Waals surface area contributed by atoms with Crippen molar-refractivity contribution in [2.75, 3.05) is 6.54 Å². The van der Waals surface area contributed by atoms with Gasteiger partial charge < -0.3 is 15.5 Å². The standard InChI is InChI=1S/C16H18N2O3/c1-16(21,13-9-5-6-10-17-13)11-18-15(20)14(19)12-7-3-2-4-8-12/h2-10,14,19,21H,11H2,1H3,(H,18,20)/t14-,16+/m0/s1. The maximum Gasteiger partial charge on any atom is 0.253 e. The lowest BCUT2D eigenvalue weighted by atomic mass is 10.0. The largest absolute Gasteiger partial charge is 0.382 e. The fourth-order valence-corrected chi connectivity index (χ4v) is 1.91. The summed E-state index contributed by atoms with van der Waals surface area (Å²) in [6.07, 6.45) is 0.315. The van der Waals surface area contributed by atoms with Crippen LogP contribution in [0.5, 0.6) is 0 Å². The minimum absolute atomic E-state index is 0.0350. The van der Waals surface area contributed by atoms with Crippen LogP contribution in [0.4, 0.5) is 0 Å². The van der Waals surface area contributed by atoms with Gasteiger partial charge in [-0.15, -0.1) is 0 Å². The predicted molar refractivity (Wildman–Crippen MR) is 78.2 cm³/mol. The number of carbonyl (C=O) groups excluding carboxylic acids is 1. The van der Waals surface area contributed by atoms with Crippen LogP contribution in [0.2, 0.25) is 0 Å². The molecule has 0 aliphatic carbocycles. The van der Waals surface area contributed by atoms with Crippen molar-refractivity contribution in [2.45, 2.75) is 18.6 Å². The molecule has 0 unspecified atom stereocenters. The third kappa shape index (κ3) is 3.87. The van der Waals surface area contributed by atoms with Gasteiger partial charge in [-0.1, -0.05) is 36.4 Å². The molecule has 2 rings (SSSR count). The molecule has 21 heavy (non-hydrogen) atoms. The third-order valence-electron chi connectivity index (χ3n) is 3.19. The number of pyridine rings is 1. The van der Waals surface area contributed by atoms with Crippen LogP contribution in [0.15, 0.2) is 54.7 Å². The summed E-state index contributed by atoms with van der Waals surface area (Å²) in [5.41, 5.74) is -0.333. The average molecular weight is 286 g/mol. The second-order valence-corrected chi connectivity index (χ2v) is 5.02. The Morgan fingerprint density at radius 1 is 1.24 bits per heavy atom. The van der Waals surface area contributed by atoms with Gasteiger partial charge in [0, 0.05) is 6.20 Å². The number of aromatic nitrogens is 1. The van der Waals surface area contributed by atoms with Crippen molar-refractivity contribution >= 4 is 5.91 Å². The lowest BCUT2D eigenvalue weighted by molar-refractivity contribution is -0.130. The molecule has 0 aliphatic rings. The van der Waals surface area contributed by atoms with Crippen LogP contribution in [0.25, 0.3) is 0 Å². The summed E-state index contributed by atoms with van der Waals surface area (Å²) in [4.78, 5) is 16.0. The highest BCUT2D eigenvalue weighted by atomic mass is 16.3. The second-order valence-electron chi connectivity index (χ2n) is 5.02. The molecule has 1 aromatic heterocycles. The Labute approximate surface area is 123 Å². The first-order valence-corrected chi connectivity index (χ1v) is 6.65. The molecular weight excluding hydrogens is 268 g/mol. The van der Waals surface area contributed by atoms with Crippen molar-refractivity contribution < 1.29 is 15.0 Å². The van der Waals surface area contributed by atoms with E-state index in [0.29, 0.717) is 11.3 Å². The van der Waals surface area contributed by atoms with Gasteiger partial charge in [0.25, 0.3) is 5.91 Å². The first-order chi connectivity index (χ1) is 10.0. The zero-order chi connectivity index (χ0) is 15.3. The summed E-state index contributed by atoms with van der Waals surface area (Å²) in [7, 11) is 0. The van der Waals surface area contributed by atoms with Crippen molar-refractivity contribution in [3.63, 3.8) is 0 Å².